The molecule has 3 nitrogen and oxygen atoms in total. The zero-order chi connectivity index (χ0) is 16.0. The summed E-state index contributed by atoms with van der Waals surface area (Å²) in [7, 11) is 1.77. The molecule has 0 heterocycles. The predicted molar refractivity (Wildman–Crippen MR) is 90.4 cm³/mol. The van der Waals surface area contributed by atoms with E-state index < -0.39 is 0 Å². The molecule has 2 aromatic carbocycles. The fourth-order valence-electron chi connectivity index (χ4n) is 3.49. The third-order valence-corrected chi connectivity index (χ3v) is 5.01. The number of carbonyl (C=O) groups excluding carboxylic acids is 1. The van der Waals surface area contributed by atoms with Gasteiger partial charge in [0.25, 0.3) is 5.91 Å². The number of hydrogen-bond acceptors (Lipinski definition) is 2. The Bertz CT molecular complexity index is 764. The molecule has 0 radical (unpaired) electrons. The molecular weight excluding hydrogens is 286 g/mol. The second-order valence-corrected chi connectivity index (χ2v) is 6.80. The van der Waals surface area contributed by atoms with Gasteiger partial charge in [-0.25, -0.2) is 0 Å². The van der Waals surface area contributed by atoms with E-state index in [0.717, 1.165) is 19.3 Å². The van der Waals surface area contributed by atoms with E-state index in [1.54, 1.807) is 11.9 Å². The molecule has 23 heavy (non-hydrogen) atoms. The Hall–Kier alpha value is -2.13. The maximum absolute atomic E-state index is 12.6. The van der Waals surface area contributed by atoms with Crippen molar-refractivity contribution in [3.05, 3.63) is 59.2 Å². The van der Waals surface area contributed by atoms with Gasteiger partial charge in [-0.3, -0.25) is 4.79 Å². The first-order chi connectivity index (χ1) is 11.1. The number of fused-ring (bicyclic) bond motifs is 3. The van der Waals surface area contributed by atoms with Crippen molar-refractivity contribution in [2.75, 3.05) is 13.6 Å². The lowest BCUT2D eigenvalue weighted by Crippen LogP contribution is -2.35. The van der Waals surface area contributed by atoms with E-state index in [4.69, 9.17) is 0 Å². The van der Waals surface area contributed by atoms with Crippen LogP contribution in [0.15, 0.2) is 42.5 Å². The highest BCUT2D eigenvalue weighted by molar-refractivity contribution is 5.95. The number of aliphatic hydroxyl groups excluding tert-OH is 1. The topological polar surface area (TPSA) is 40.5 Å². The summed E-state index contributed by atoms with van der Waals surface area (Å²) in [5, 5.41) is 10.0. The first kappa shape index (κ1) is 14.5. The van der Waals surface area contributed by atoms with E-state index in [9.17, 15) is 9.90 Å². The van der Waals surface area contributed by atoms with E-state index in [-0.39, 0.29) is 12.0 Å². The lowest BCUT2D eigenvalue weighted by Gasteiger charge is -2.21. The maximum atomic E-state index is 12.6. The van der Waals surface area contributed by atoms with Crippen molar-refractivity contribution in [3.63, 3.8) is 0 Å². The highest BCUT2D eigenvalue weighted by Crippen LogP contribution is 2.37. The predicted octanol–water partition coefficient (Wildman–Crippen LogP) is 3.10. The van der Waals surface area contributed by atoms with Crippen LogP contribution in [0.4, 0.5) is 0 Å². The summed E-state index contributed by atoms with van der Waals surface area (Å²) in [6.45, 7) is 0.417. The van der Waals surface area contributed by atoms with Gasteiger partial charge < -0.3 is 10.0 Å². The van der Waals surface area contributed by atoms with Crippen LogP contribution in [0.3, 0.4) is 0 Å². The normalized spacial score (nSPS) is 16.6. The minimum absolute atomic E-state index is 0.0107. The third-order valence-electron chi connectivity index (χ3n) is 5.01. The largest absolute Gasteiger partial charge is 0.391 e. The molecule has 2 aliphatic carbocycles. The van der Waals surface area contributed by atoms with Crippen LogP contribution in [-0.4, -0.2) is 35.6 Å². The van der Waals surface area contributed by atoms with Gasteiger partial charge in [-0.15, -0.1) is 0 Å². The molecule has 0 aliphatic heterocycles. The summed E-state index contributed by atoms with van der Waals surface area (Å²) in [5.74, 6) is 0.378. The Labute approximate surface area is 136 Å². The zero-order valence-corrected chi connectivity index (χ0v) is 13.3. The molecule has 1 N–H and O–H groups in total. The Kier molecular flexibility index (Phi) is 3.46. The van der Waals surface area contributed by atoms with Crippen molar-refractivity contribution in [3.8, 4) is 11.1 Å². The number of carbonyl (C=O) groups is 1. The van der Waals surface area contributed by atoms with Crippen molar-refractivity contribution in [1.82, 2.24) is 4.90 Å². The second kappa shape index (κ2) is 5.50. The summed E-state index contributed by atoms with van der Waals surface area (Å²) in [6.07, 6.45) is 2.67. The van der Waals surface area contributed by atoms with E-state index in [2.05, 4.69) is 30.3 Å². The first-order valence-corrected chi connectivity index (χ1v) is 8.28. The lowest BCUT2D eigenvalue weighted by molar-refractivity contribution is 0.0645. The van der Waals surface area contributed by atoms with Crippen molar-refractivity contribution in [2.24, 2.45) is 5.92 Å². The van der Waals surface area contributed by atoms with Crippen LogP contribution in [0.2, 0.25) is 0 Å². The molecule has 2 aromatic rings. The number of benzene rings is 2. The van der Waals surface area contributed by atoms with Gasteiger partial charge >= 0.3 is 0 Å². The molecule has 0 spiro atoms. The Balaban J connectivity index is 1.54. The van der Waals surface area contributed by atoms with Crippen LogP contribution in [0.25, 0.3) is 11.1 Å². The van der Waals surface area contributed by atoms with Crippen LogP contribution in [0, 0.1) is 5.92 Å². The molecule has 1 saturated carbocycles. The average molecular weight is 307 g/mol. The lowest BCUT2D eigenvalue weighted by atomic mass is 10.0. The zero-order valence-electron chi connectivity index (χ0n) is 13.3. The third kappa shape index (κ3) is 2.66. The van der Waals surface area contributed by atoms with E-state index >= 15 is 0 Å². The Morgan fingerprint density at radius 1 is 1.17 bits per heavy atom. The summed E-state index contributed by atoms with van der Waals surface area (Å²) >= 11 is 0. The van der Waals surface area contributed by atoms with Gasteiger partial charge in [-0.1, -0.05) is 30.3 Å². The summed E-state index contributed by atoms with van der Waals surface area (Å²) in [6, 6.07) is 14.4. The molecule has 0 saturated heterocycles. The van der Waals surface area contributed by atoms with E-state index in [1.165, 1.54) is 22.3 Å². The summed E-state index contributed by atoms with van der Waals surface area (Å²) < 4.78 is 0. The first-order valence-electron chi connectivity index (χ1n) is 8.28. The van der Waals surface area contributed by atoms with Gasteiger partial charge in [0.05, 0.1) is 6.10 Å². The van der Waals surface area contributed by atoms with Gasteiger partial charge in [0.2, 0.25) is 0 Å². The fourth-order valence-corrected chi connectivity index (χ4v) is 3.49. The number of aliphatic hydroxyl groups is 1. The SMILES string of the molecule is CN(CC(O)C1CC1)C(=O)c1ccc2c(c1)Cc1ccccc1-2. The number of hydrogen-bond donors (Lipinski definition) is 1. The molecule has 1 atom stereocenters. The second-order valence-electron chi connectivity index (χ2n) is 6.80. The Morgan fingerprint density at radius 2 is 1.91 bits per heavy atom. The van der Waals surface area contributed by atoms with Crippen LogP contribution in [0.1, 0.15) is 34.3 Å². The quantitative estimate of drug-likeness (QED) is 0.804. The van der Waals surface area contributed by atoms with Gasteiger partial charge in [0.1, 0.15) is 0 Å². The van der Waals surface area contributed by atoms with Crippen molar-refractivity contribution in [2.45, 2.75) is 25.4 Å². The van der Waals surface area contributed by atoms with E-state index in [1.807, 2.05) is 12.1 Å². The molecular formula is C20H21NO2. The number of rotatable bonds is 4. The van der Waals surface area contributed by atoms with Crippen LogP contribution in [-0.2, 0) is 6.42 Å². The molecule has 118 valence electrons. The minimum atomic E-state index is -0.386. The van der Waals surface area contributed by atoms with E-state index in [0.29, 0.717) is 18.0 Å². The molecule has 1 fully saturated rings. The van der Waals surface area contributed by atoms with Crippen LogP contribution in [0.5, 0.6) is 0 Å². The fraction of sp³-hybridized carbons (Fsp3) is 0.350. The van der Waals surface area contributed by atoms with Gasteiger partial charge in [-0.2, -0.15) is 0 Å². The minimum Gasteiger partial charge on any atom is -0.391 e. The van der Waals surface area contributed by atoms with Crippen molar-refractivity contribution < 1.29 is 9.90 Å². The summed E-state index contributed by atoms with van der Waals surface area (Å²) in [4.78, 5) is 14.3. The Morgan fingerprint density at radius 3 is 2.70 bits per heavy atom. The number of nitrogens with zero attached hydrogens (tertiary/aromatic N) is 1. The average Bonchev–Trinajstić information content (AvgIpc) is 3.34. The monoisotopic (exact) mass is 307 g/mol. The molecule has 3 heteroatoms. The smallest absolute Gasteiger partial charge is 0.253 e. The summed E-state index contributed by atoms with van der Waals surface area (Å²) in [5.41, 5.74) is 5.76. The van der Waals surface area contributed by atoms with Gasteiger partial charge in [0, 0.05) is 19.2 Å². The molecule has 0 aromatic heterocycles. The van der Waals surface area contributed by atoms with Crippen molar-refractivity contribution >= 4 is 5.91 Å². The maximum Gasteiger partial charge on any atom is 0.253 e. The molecule has 2 aliphatic rings. The number of amides is 1. The van der Waals surface area contributed by atoms with Gasteiger partial charge in [-0.05, 0) is 59.6 Å². The molecule has 1 amide bonds. The molecule has 0 bridgehead atoms. The highest BCUT2D eigenvalue weighted by atomic mass is 16.3. The standard InChI is InChI=1S/C20H21NO2/c1-21(12-19(22)13-6-7-13)20(23)15-8-9-18-16(11-15)10-14-4-2-3-5-17(14)18/h2-5,8-9,11,13,19,22H,6-7,10,12H2,1H3. The van der Waals surface area contributed by atoms with Crippen molar-refractivity contribution in [1.29, 1.82) is 0 Å². The highest BCUT2D eigenvalue weighted by Gasteiger charge is 2.31. The van der Waals surface area contributed by atoms with Gasteiger partial charge in [0.15, 0.2) is 0 Å². The number of likely N-dealkylation sites (N-methyl/N-ethyl adjacent to an activating group) is 1. The molecule has 1 unspecified atom stereocenters. The van der Waals surface area contributed by atoms with Crippen LogP contribution < -0.4 is 0 Å². The van der Waals surface area contributed by atoms with Crippen LogP contribution >= 0.6 is 0 Å². The molecule has 4 rings (SSSR count).